The summed E-state index contributed by atoms with van der Waals surface area (Å²) in [5.41, 5.74) is 1.92. The predicted octanol–water partition coefficient (Wildman–Crippen LogP) is 1.14. The lowest BCUT2D eigenvalue weighted by atomic mass is 9.83. The molecule has 2 aromatic heterocycles. The summed E-state index contributed by atoms with van der Waals surface area (Å²) >= 11 is 0. The third-order valence-corrected chi connectivity index (χ3v) is 4.48. The van der Waals surface area contributed by atoms with Crippen molar-refractivity contribution in [3.8, 4) is 0 Å². The van der Waals surface area contributed by atoms with E-state index in [-0.39, 0.29) is 0 Å². The second-order valence-electron chi connectivity index (χ2n) is 6.01. The Kier molecular flexibility index (Phi) is 2.26. The molecule has 2 aliphatic rings. The van der Waals surface area contributed by atoms with E-state index in [9.17, 15) is 5.11 Å². The number of hydrogen-bond acceptors (Lipinski definition) is 4. The summed E-state index contributed by atoms with van der Waals surface area (Å²) in [7, 11) is 0. The van der Waals surface area contributed by atoms with Crippen molar-refractivity contribution in [2.75, 3.05) is 0 Å². The minimum absolute atomic E-state index is 0.443. The Morgan fingerprint density at radius 2 is 2.11 bits per heavy atom. The average Bonchev–Trinajstić information content (AvgIpc) is 2.90. The zero-order valence-electron chi connectivity index (χ0n) is 11.0. The molecule has 4 heterocycles. The van der Waals surface area contributed by atoms with Crippen LogP contribution in [0.1, 0.15) is 36.9 Å². The number of hydrogen-bond donors (Lipinski definition) is 2. The summed E-state index contributed by atoms with van der Waals surface area (Å²) in [6.45, 7) is 1.95. The van der Waals surface area contributed by atoms with Crippen LogP contribution in [0.4, 0.5) is 0 Å². The van der Waals surface area contributed by atoms with E-state index < -0.39 is 5.60 Å². The summed E-state index contributed by atoms with van der Waals surface area (Å²) in [6, 6.07) is 2.83. The number of nitrogens with one attached hydrogen (secondary N) is 1. The molecule has 2 bridgehead atoms. The number of aromatic nitrogens is 3. The van der Waals surface area contributed by atoms with Gasteiger partial charge in [0.2, 0.25) is 0 Å². The first-order chi connectivity index (χ1) is 9.12. The van der Waals surface area contributed by atoms with E-state index in [1.54, 1.807) is 10.7 Å². The van der Waals surface area contributed by atoms with Crippen LogP contribution >= 0.6 is 0 Å². The largest absolute Gasteiger partial charge is 0.385 e. The molecule has 0 radical (unpaired) electrons. The molecule has 5 nitrogen and oxygen atoms in total. The topological polar surface area (TPSA) is 62.5 Å². The SMILES string of the molecule is Cc1cc2ncc(C3(O)CC4CCC(C3)N4)cn2n1. The second-order valence-corrected chi connectivity index (χ2v) is 6.01. The maximum absolute atomic E-state index is 11.0. The van der Waals surface area contributed by atoms with Gasteiger partial charge in [0.1, 0.15) is 0 Å². The van der Waals surface area contributed by atoms with Gasteiger partial charge in [0.05, 0.1) is 11.3 Å². The molecule has 4 rings (SSSR count). The molecule has 19 heavy (non-hydrogen) atoms. The summed E-state index contributed by atoms with van der Waals surface area (Å²) in [6.07, 6.45) is 7.63. The van der Waals surface area contributed by atoms with Gasteiger partial charge in [0.15, 0.2) is 5.65 Å². The van der Waals surface area contributed by atoms with E-state index in [0.717, 1.165) is 29.7 Å². The van der Waals surface area contributed by atoms with Crippen LogP contribution in [0.15, 0.2) is 18.5 Å². The predicted molar refractivity (Wildman–Crippen MR) is 70.8 cm³/mol. The molecule has 0 saturated carbocycles. The van der Waals surface area contributed by atoms with Gasteiger partial charge >= 0.3 is 0 Å². The maximum atomic E-state index is 11.0. The monoisotopic (exact) mass is 258 g/mol. The summed E-state index contributed by atoms with van der Waals surface area (Å²) in [5, 5.41) is 18.9. The van der Waals surface area contributed by atoms with Crippen LogP contribution in [0.3, 0.4) is 0 Å². The molecular weight excluding hydrogens is 240 g/mol. The van der Waals surface area contributed by atoms with Crippen LogP contribution in [0.5, 0.6) is 0 Å². The Morgan fingerprint density at radius 3 is 2.84 bits per heavy atom. The van der Waals surface area contributed by atoms with Crippen molar-refractivity contribution in [2.45, 2.75) is 50.3 Å². The first-order valence-electron chi connectivity index (χ1n) is 6.93. The molecule has 0 aliphatic carbocycles. The first-order valence-corrected chi connectivity index (χ1v) is 6.93. The lowest BCUT2D eigenvalue weighted by Crippen LogP contribution is -2.46. The van der Waals surface area contributed by atoms with Crippen molar-refractivity contribution < 1.29 is 5.11 Å². The van der Waals surface area contributed by atoms with E-state index in [1.165, 1.54) is 12.8 Å². The Hall–Kier alpha value is -1.46. The van der Waals surface area contributed by atoms with E-state index in [4.69, 9.17) is 0 Å². The van der Waals surface area contributed by atoms with Crippen LogP contribution in [0.25, 0.3) is 5.65 Å². The highest BCUT2D eigenvalue weighted by molar-refractivity contribution is 5.40. The van der Waals surface area contributed by atoms with Gasteiger partial charge in [0.25, 0.3) is 0 Å². The van der Waals surface area contributed by atoms with Crippen molar-refractivity contribution in [1.82, 2.24) is 19.9 Å². The van der Waals surface area contributed by atoms with E-state index in [0.29, 0.717) is 12.1 Å². The van der Waals surface area contributed by atoms with E-state index in [1.807, 2.05) is 19.2 Å². The van der Waals surface area contributed by atoms with Gasteiger partial charge in [-0.15, -0.1) is 0 Å². The summed E-state index contributed by atoms with van der Waals surface area (Å²) in [5.74, 6) is 0. The number of aliphatic hydroxyl groups is 1. The highest BCUT2D eigenvalue weighted by Gasteiger charge is 2.43. The number of rotatable bonds is 1. The number of fused-ring (bicyclic) bond motifs is 3. The molecule has 5 heteroatoms. The Morgan fingerprint density at radius 1 is 1.37 bits per heavy atom. The van der Waals surface area contributed by atoms with Gasteiger partial charge in [-0.05, 0) is 32.6 Å². The fourth-order valence-corrected chi connectivity index (χ4v) is 3.59. The standard InChI is InChI=1S/C14H18N4O/c1-9-4-13-15-7-10(8-18(13)17-9)14(19)5-11-2-3-12(6-14)16-11/h4,7-8,11-12,16,19H,2-3,5-6H2,1H3. The van der Waals surface area contributed by atoms with Crippen molar-refractivity contribution in [3.05, 3.63) is 29.7 Å². The quantitative estimate of drug-likeness (QED) is 0.805. The molecule has 100 valence electrons. The molecule has 2 atom stereocenters. The zero-order valence-corrected chi connectivity index (χ0v) is 11.0. The molecule has 0 spiro atoms. The van der Waals surface area contributed by atoms with Gasteiger partial charge in [-0.25, -0.2) is 9.50 Å². The van der Waals surface area contributed by atoms with Crippen LogP contribution < -0.4 is 5.32 Å². The molecule has 2 saturated heterocycles. The molecule has 2 aromatic rings. The van der Waals surface area contributed by atoms with Crippen LogP contribution in [0.2, 0.25) is 0 Å². The van der Waals surface area contributed by atoms with Crippen LogP contribution in [-0.2, 0) is 5.60 Å². The number of nitrogens with zero attached hydrogens (tertiary/aromatic N) is 3. The van der Waals surface area contributed by atoms with E-state index >= 15 is 0 Å². The Balaban J connectivity index is 1.76. The van der Waals surface area contributed by atoms with Crippen LogP contribution in [-0.4, -0.2) is 31.8 Å². The van der Waals surface area contributed by atoms with E-state index in [2.05, 4.69) is 15.4 Å². The van der Waals surface area contributed by atoms with Crippen molar-refractivity contribution >= 4 is 5.65 Å². The van der Waals surface area contributed by atoms with Gasteiger partial charge in [0, 0.05) is 36.1 Å². The molecule has 2 fully saturated rings. The minimum Gasteiger partial charge on any atom is -0.385 e. The summed E-state index contributed by atoms with van der Waals surface area (Å²) in [4.78, 5) is 4.41. The minimum atomic E-state index is -0.752. The van der Waals surface area contributed by atoms with Crippen LogP contribution in [0, 0.1) is 6.92 Å². The normalized spacial score (nSPS) is 34.0. The van der Waals surface area contributed by atoms with Crippen molar-refractivity contribution in [3.63, 3.8) is 0 Å². The van der Waals surface area contributed by atoms with Gasteiger partial charge in [-0.2, -0.15) is 5.10 Å². The molecule has 2 unspecified atom stereocenters. The maximum Gasteiger partial charge on any atom is 0.155 e. The molecule has 0 aromatic carbocycles. The zero-order chi connectivity index (χ0) is 13.0. The second kappa shape index (κ2) is 3.77. The third kappa shape index (κ3) is 1.76. The third-order valence-electron chi connectivity index (χ3n) is 4.48. The van der Waals surface area contributed by atoms with Gasteiger partial charge in [-0.1, -0.05) is 0 Å². The molecule has 2 aliphatic heterocycles. The Bertz CT molecular complexity index is 623. The van der Waals surface area contributed by atoms with Gasteiger partial charge < -0.3 is 10.4 Å². The number of aryl methyl sites for hydroxylation is 1. The molecule has 0 amide bonds. The highest BCUT2D eigenvalue weighted by atomic mass is 16.3. The average molecular weight is 258 g/mol. The fourth-order valence-electron chi connectivity index (χ4n) is 3.59. The smallest absolute Gasteiger partial charge is 0.155 e. The fraction of sp³-hybridized carbons (Fsp3) is 0.571. The lowest BCUT2D eigenvalue weighted by Gasteiger charge is -2.37. The number of piperidine rings is 1. The molecular formula is C14H18N4O. The van der Waals surface area contributed by atoms with Crippen molar-refractivity contribution in [2.24, 2.45) is 0 Å². The highest BCUT2D eigenvalue weighted by Crippen LogP contribution is 2.40. The Labute approximate surface area is 111 Å². The van der Waals surface area contributed by atoms with Crippen molar-refractivity contribution in [1.29, 1.82) is 0 Å². The molecule has 2 N–H and O–H groups in total. The van der Waals surface area contributed by atoms with Gasteiger partial charge in [-0.3, -0.25) is 0 Å². The lowest BCUT2D eigenvalue weighted by molar-refractivity contribution is -0.0121. The first kappa shape index (κ1) is 11.4. The summed E-state index contributed by atoms with van der Waals surface area (Å²) < 4.78 is 1.77.